The first-order chi connectivity index (χ1) is 8.67. The van der Waals surface area contributed by atoms with E-state index in [1.807, 2.05) is 0 Å². The maximum atomic E-state index is 12.0. The van der Waals surface area contributed by atoms with Gasteiger partial charge in [-0.25, -0.2) is 4.79 Å². The van der Waals surface area contributed by atoms with Crippen LogP contribution >= 0.6 is 15.9 Å². The quantitative estimate of drug-likeness (QED) is 0.889. The minimum absolute atomic E-state index is 0.00314. The van der Waals surface area contributed by atoms with Crippen LogP contribution < -0.4 is 10.1 Å². The van der Waals surface area contributed by atoms with Gasteiger partial charge >= 0.3 is 12.7 Å². The van der Waals surface area contributed by atoms with Crippen molar-refractivity contribution in [3.05, 3.63) is 22.7 Å². The number of anilines is 1. The number of halogens is 3. The molecule has 0 unspecified atom stereocenters. The zero-order valence-corrected chi connectivity index (χ0v) is 12.3. The number of carbonyl (C=O) groups is 1. The molecule has 0 atom stereocenters. The molecule has 0 saturated heterocycles. The van der Waals surface area contributed by atoms with E-state index in [0.717, 1.165) is 0 Å². The number of alkyl halides is 2. The second-order valence-electron chi connectivity index (χ2n) is 4.65. The van der Waals surface area contributed by atoms with Crippen LogP contribution in [0.25, 0.3) is 0 Å². The Labute approximate surface area is 118 Å². The molecule has 1 aromatic rings. The molecule has 1 N–H and O–H groups in total. The van der Waals surface area contributed by atoms with Gasteiger partial charge in [0, 0.05) is 4.47 Å². The van der Waals surface area contributed by atoms with Crippen molar-refractivity contribution in [2.45, 2.75) is 33.0 Å². The first-order valence-electron chi connectivity index (χ1n) is 5.42. The smallest absolute Gasteiger partial charge is 0.412 e. The van der Waals surface area contributed by atoms with Crippen molar-refractivity contribution < 1.29 is 23.0 Å². The average molecular weight is 338 g/mol. The lowest BCUT2D eigenvalue weighted by Crippen LogP contribution is -2.27. The molecule has 0 aliphatic rings. The molecule has 4 nitrogen and oxygen atoms in total. The predicted octanol–water partition coefficient (Wildman–Crippen LogP) is 4.40. The van der Waals surface area contributed by atoms with Crippen molar-refractivity contribution in [2.24, 2.45) is 0 Å². The Bertz CT molecular complexity index is 461. The number of carbonyl (C=O) groups excluding carboxylic acids is 1. The summed E-state index contributed by atoms with van der Waals surface area (Å²) in [7, 11) is 0. The van der Waals surface area contributed by atoms with Gasteiger partial charge in [0.15, 0.2) is 0 Å². The molecule has 7 heteroatoms. The Morgan fingerprint density at radius 3 is 2.47 bits per heavy atom. The fourth-order valence-electron chi connectivity index (χ4n) is 1.19. The van der Waals surface area contributed by atoms with Crippen LogP contribution in [-0.2, 0) is 4.74 Å². The van der Waals surface area contributed by atoms with Crippen LogP contribution in [0.2, 0.25) is 0 Å². The maximum absolute atomic E-state index is 12.0. The third kappa shape index (κ3) is 5.87. The number of ether oxygens (including phenoxy) is 2. The molecule has 19 heavy (non-hydrogen) atoms. The highest BCUT2D eigenvalue weighted by molar-refractivity contribution is 9.10. The molecule has 0 aliphatic carbocycles. The van der Waals surface area contributed by atoms with Crippen LogP contribution in [-0.4, -0.2) is 18.3 Å². The van der Waals surface area contributed by atoms with E-state index in [4.69, 9.17) is 4.74 Å². The average Bonchev–Trinajstić information content (AvgIpc) is 2.18. The number of amides is 1. The third-order valence-electron chi connectivity index (χ3n) is 1.80. The van der Waals surface area contributed by atoms with Crippen molar-refractivity contribution in [2.75, 3.05) is 5.32 Å². The summed E-state index contributed by atoms with van der Waals surface area (Å²) < 4.78 is 33.8. The number of benzene rings is 1. The number of rotatable bonds is 3. The highest BCUT2D eigenvalue weighted by Gasteiger charge is 2.17. The molecule has 0 spiro atoms. The number of hydrogen-bond donors (Lipinski definition) is 1. The van der Waals surface area contributed by atoms with Gasteiger partial charge in [-0.05, 0) is 54.9 Å². The summed E-state index contributed by atoms with van der Waals surface area (Å²) in [4.78, 5) is 11.5. The van der Waals surface area contributed by atoms with Crippen molar-refractivity contribution >= 4 is 27.7 Å². The molecule has 1 aromatic carbocycles. The van der Waals surface area contributed by atoms with Gasteiger partial charge in [0.05, 0.1) is 5.69 Å². The number of nitrogens with one attached hydrogen (secondary N) is 1. The van der Waals surface area contributed by atoms with Crippen molar-refractivity contribution in [1.29, 1.82) is 0 Å². The molecule has 0 saturated carbocycles. The normalized spacial score (nSPS) is 11.3. The van der Waals surface area contributed by atoms with Gasteiger partial charge in [0.2, 0.25) is 0 Å². The van der Waals surface area contributed by atoms with Gasteiger partial charge in [0.25, 0.3) is 0 Å². The lowest BCUT2D eigenvalue weighted by Gasteiger charge is -2.20. The lowest BCUT2D eigenvalue weighted by atomic mass is 10.2. The second-order valence-corrected chi connectivity index (χ2v) is 5.50. The molecule has 1 amide bonds. The molecular formula is C12H14BrF2NO3. The van der Waals surface area contributed by atoms with E-state index in [1.165, 1.54) is 18.2 Å². The fourth-order valence-corrected chi connectivity index (χ4v) is 1.64. The molecule has 0 heterocycles. The lowest BCUT2D eigenvalue weighted by molar-refractivity contribution is -0.0498. The Kier molecular flexibility index (Phi) is 5.11. The van der Waals surface area contributed by atoms with E-state index < -0.39 is 18.3 Å². The Morgan fingerprint density at radius 1 is 1.37 bits per heavy atom. The van der Waals surface area contributed by atoms with Crippen molar-refractivity contribution in [3.63, 3.8) is 0 Å². The summed E-state index contributed by atoms with van der Waals surface area (Å²) in [6.07, 6.45) is -0.629. The SMILES string of the molecule is CC(C)(C)OC(=O)Nc1ccc(OC(F)F)cc1Br. The summed E-state index contributed by atoms with van der Waals surface area (Å²) >= 11 is 3.15. The molecule has 0 aliphatic heterocycles. The molecular weight excluding hydrogens is 324 g/mol. The molecule has 0 bridgehead atoms. The van der Waals surface area contributed by atoms with Gasteiger partial charge in [0.1, 0.15) is 11.4 Å². The molecule has 106 valence electrons. The van der Waals surface area contributed by atoms with Gasteiger partial charge < -0.3 is 9.47 Å². The first-order valence-corrected chi connectivity index (χ1v) is 6.21. The summed E-state index contributed by atoms with van der Waals surface area (Å²) in [5.41, 5.74) is -0.217. The fraction of sp³-hybridized carbons (Fsp3) is 0.417. The Balaban J connectivity index is 2.72. The molecule has 1 rings (SSSR count). The minimum atomic E-state index is -2.89. The highest BCUT2D eigenvalue weighted by atomic mass is 79.9. The van der Waals surface area contributed by atoms with Crippen LogP contribution in [0.5, 0.6) is 5.75 Å². The summed E-state index contributed by atoms with van der Waals surface area (Å²) in [5.74, 6) is -0.00314. The van der Waals surface area contributed by atoms with Crippen LogP contribution in [0.1, 0.15) is 20.8 Å². The van der Waals surface area contributed by atoms with Crippen molar-refractivity contribution in [3.8, 4) is 5.75 Å². The zero-order chi connectivity index (χ0) is 14.6. The van der Waals surface area contributed by atoms with E-state index in [-0.39, 0.29) is 5.75 Å². The topological polar surface area (TPSA) is 47.6 Å². The Morgan fingerprint density at radius 2 is 2.00 bits per heavy atom. The maximum Gasteiger partial charge on any atom is 0.412 e. The van der Waals surface area contributed by atoms with Crippen LogP contribution in [0.3, 0.4) is 0 Å². The van der Waals surface area contributed by atoms with Crippen LogP contribution in [0.15, 0.2) is 22.7 Å². The van der Waals surface area contributed by atoms with E-state index in [1.54, 1.807) is 20.8 Å². The number of hydrogen-bond acceptors (Lipinski definition) is 3. The monoisotopic (exact) mass is 337 g/mol. The Hall–Kier alpha value is -1.37. The van der Waals surface area contributed by atoms with E-state index in [0.29, 0.717) is 10.2 Å². The standard InChI is InChI=1S/C12H14BrF2NO3/c1-12(2,3)19-11(17)16-9-5-4-7(6-8(9)13)18-10(14)15/h4-6,10H,1-3H3,(H,16,17). The second kappa shape index (κ2) is 6.18. The van der Waals surface area contributed by atoms with Gasteiger partial charge in [-0.2, -0.15) is 8.78 Å². The van der Waals surface area contributed by atoms with E-state index in [9.17, 15) is 13.6 Å². The minimum Gasteiger partial charge on any atom is -0.444 e. The summed E-state index contributed by atoms with van der Waals surface area (Å²) in [6, 6.07) is 4.09. The first kappa shape index (κ1) is 15.7. The van der Waals surface area contributed by atoms with E-state index in [2.05, 4.69) is 26.0 Å². The molecule has 0 aromatic heterocycles. The zero-order valence-electron chi connectivity index (χ0n) is 10.7. The molecule has 0 fully saturated rings. The third-order valence-corrected chi connectivity index (χ3v) is 2.46. The summed E-state index contributed by atoms with van der Waals surface area (Å²) in [5, 5.41) is 2.50. The van der Waals surface area contributed by atoms with Crippen molar-refractivity contribution in [1.82, 2.24) is 0 Å². The largest absolute Gasteiger partial charge is 0.444 e. The van der Waals surface area contributed by atoms with Gasteiger partial charge in [-0.3, -0.25) is 5.32 Å². The van der Waals surface area contributed by atoms with Crippen LogP contribution in [0.4, 0.5) is 19.3 Å². The highest BCUT2D eigenvalue weighted by Crippen LogP contribution is 2.28. The van der Waals surface area contributed by atoms with Crippen LogP contribution in [0, 0.1) is 0 Å². The van der Waals surface area contributed by atoms with Gasteiger partial charge in [-0.1, -0.05) is 0 Å². The summed E-state index contributed by atoms with van der Waals surface area (Å²) in [6.45, 7) is 2.32. The van der Waals surface area contributed by atoms with E-state index >= 15 is 0 Å². The van der Waals surface area contributed by atoms with Gasteiger partial charge in [-0.15, -0.1) is 0 Å². The molecule has 0 radical (unpaired) electrons. The predicted molar refractivity (Wildman–Crippen MR) is 70.6 cm³/mol.